The van der Waals surface area contributed by atoms with Crippen LogP contribution in [0.4, 0.5) is 8.78 Å². The molecule has 4 aromatic rings. The summed E-state index contributed by atoms with van der Waals surface area (Å²) in [6.45, 7) is -0.00353. The lowest BCUT2D eigenvalue weighted by atomic mass is 10.1. The molecule has 2 N–H and O–H groups in total. The second-order valence-corrected chi connectivity index (χ2v) is 9.35. The molecule has 0 spiro atoms. The first-order valence-electron chi connectivity index (χ1n) is 10.6. The number of hydrogen-bond donors (Lipinski definition) is 2. The molecule has 5 heterocycles. The van der Waals surface area contributed by atoms with E-state index < -0.39 is 42.7 Å². The van der Waals surface area contributed by atoms with Crippen LogP contribution >= 0.6 is 22.9 Å². The molecule has 0 radical (unpaired) electrons. The van der Waals surface area contributed by atoms with Crippen molar-refractivity contribution < 1.29 is 32.8 Å². The van der Waals surface area contributed by atoms with Crippen LogP contribution in [0.15, 0.2) is 29.8 Å². The number of aromatic amines is 1. The molecule has 2 aliphatic heterocycles. The molecule has 2 fully saturated rings. The zero-order valence-electron chi connectivity index (χ0n) is 17.8. The molecular weight excluding hydrogens is 506 g/mol. The summed E-state index contributed by atoms with van der Waals surface area (Å²) in [5.74, 6) is -1.56. The molecule has 0 saturated carbocycles. The lowest BCUT2D eigenvalue weighted by Gasteiger charge is -2.15. The summed E-state index contributed by atoms with van der Waals surface area (Å²) in [4.78, 5) is 15.6. The summed E-state index contributed by atoms with van der Waals surface area (Å²) in [5.41, 5.74) is 0.799. The third kappa shape index (κ3) is 4.21. The van der Waals surface area contributed by atoms with E-state index in [2.05, 4.69) is 19.9 Å². The highest BCUT2D eigenvalue weighted by atomic mass is 35.5. The van der Waals surface area contributed by atoms with E-state index >= 15 is 0 Å². The Morgan fingerprint density at radius 1 is 1.14 bits per heavy atom. The van der Waals surface area contributed by atoms with E-state index in [0.717, 1.165) is 0 Å². The van der Waals surface area contributed by atoms with E-state index in [1.807, 2.05) is 0 Å². The maximum atomic E-state index is 14.6. The smallest absolute Gasteiger partial charge is 0.296 e. The van der Waals surface area contributed by atoms with Gasteiger partial charge in [0.25, 0.3) is 6.01 Å². The first-order valence-corrected chi connectivity index (χ1v) is 11.9. The van der Waals surface area contributed by atoms with Gasteiger partial charge in [-0.25, -0.2) is 13.8 Å². The van der Waals surface area contributed by atoms with Gasteiger partial charge in [0.05, 0.1) is 24.3 Å². The van der Waals surface area contributed by atoms with Gasteiger partial charge in [0.2, 0.25) is 5.88 Å². The molecule has 2 saturated heterocycles. The number of rotatable bonds is 6. The number of thiazole rings is 1. The molecule has 2 unspecified atom stereocenters. The van der Waals surface area contributed by atoms with Crippen LogP contribution in [0.1, 0.15) is 5.56 Å². The predicted molar refractivity (Wildman–Crippen MR) is 121 cm³/mol. The fourth-order valence-electron chi connectivity index (χ4n) is 4.10. The monoisotopic (exact) mass is 522 g/mol. The molecule has 2 aliphatic rings. The van der Waals surface area contributed by atoms with E-state index in [1.165, 1.54) is 29.5 Å². The SMILES string of the molecule is O[C@@H]1COC2C1OC[C@H]2Oc1nc2nc(OCc3c(F)cc(-c4nccs4)cc3F)c(Cl)cc2[nH]1. The van der Waals surface area contributed by atoms with Gasteiger partial charge < -0.3 is 29.0 Å². The van der Waals surface area contributed by atoms with E-state index in [1.54, 1.807) is 11.6 Å². The van der Waals surface area contributed by atoms with Gasteiger partial charge >= 0.3 is 0 Å². The van der Waals surface area contributed by atoms with Crippen molar-refractivity contribution in [3.8, 4) is 22.5 Å². The topological polar surface area (TPSA) is 112 Å². The maximum absolute atomic E-state index is 14.6. The Labute approximate surface area is 205 Å². The largest absolute Gasteiger partial charge is 0.471 e. The number of fused-ring (bicyclic) bond motifs is 2. The highest BCUT2D eigenvalue weighted by molar-refractivity contribution is 7.13. The van der Waals surface area contributed by atoms with E-state index in [-0.39, 0.29) is 41.3 Å². The van der Waals surface area contributed by atoms with E-state index in [0.29, 0.717) is 16.1 Å². The molecule has 4 atom stereocenters. The molecule has 9 nitrogen and oxygen atoms in total. The fraction of sp³-hybridized carbons (Fsp3) is 0.318. The van der Waals surface area contributed by atoms with Crippen molar-refractivity contribution in [2.24, 2.45) is 0 Å². The minimum Gasteiger partial charge on any atom is -0.471 e. The zero-order chi connectivity index (χ0) is 24.1. The van der Waals surface area contributed by atoms with Crippen molar-refractivity contribution in [2.45, 2.75) is 31.0 Å². The van der Waals surface area contributed by atoms with Crippen LogP contribution < -0.4 is 9.47 Å². The van der Waals surface area contributed by atoms with Crippen LogP contribution in [0.3, 0.4) is 0 Å². The Kier molecular flexibility index (Phi) is 5.77. The van der Waals surface area contributed by atoms with Gasteiger partial charge in [-0.1, -0.05) is 11.6 Å². The van der Waals surface area contributed by atoms with Crippen molar-refractivity contribution >= 4 is 34.1 Å². The minimum absolute atomic E-state index is 0.0356. The lowest BCUT2D eigenvalue weighted by Crippen LogP contribution is -2.34. The number of aromatic nitrogens is 4. The molecule has 35 heavy (non-hydrogen) atoms. The van der Waals surface area contributed by atoms with Crippen LogP contribution in [-0.2, 0) is 16.1 Å². The van der Waals surface area contributed by atoms with Crippen molar-refractivity contribution in [3.05, 3.63) is 52.0 Å². The van der Waals surface area contributed by atoms with E-state index in [4.69, 9.17) is 30.5 Å². The number of halogens is 3. The van der Waals surface area contributed by atoms with Gasteiger partial charge in [-0.05, 0) is 18.2 Å². The summed E-state index contributed by atoms with van der Waals surface area (Å²) in [7, 11) is 0. The van der Waals surface area contributed by atoms with Crippen molar-refractivity contribution in [3.63, 3.8) is 0 Å². The van der Waals surface area contributed by atoms with Gasteiger partial charge in [0.15, 0.2) is 11.8 Å². The Bertz CT molecular complexity index is 1360. The quantitative estimate of drug-likeness (QED) is 0.396. The first-order chi connectivity index (χ1) is 17.0. The maximum Gasteiger partial charge on any atom is 0.296 e. The summed E-state index contributed by atoms with van der Waals surface area (Å²) < 4.78 is 51.7. The lowest BCUT2D eigenvalue weighted by molar-refractivity contribution is 0.00706. The van der Waals surface area contributed by atoms with Crippen LogP contribution in [0.25, 0.3) is 21.7 Å². The van der Waals surface area contributed by atoms with Crippen molar-refractivity contribution in [2.75, 3.05) is 13.2 Å². The summed E-state index contributed by atoms with van der Waals surface area (Å²) in [5, 5.41) is 12.2. The number of aliphatic hydroxyl groups is 1. The molecule has 1 aromatic carbocycles. The average Bonchev–Trinajstić information content (AvgIpc) is 3.61. The number of aliphatic hydroxyl groups excluding tert-OH is 1. The van der Waals surface area contributed by atoms with Crippen LogP contribution in [0.2, 0.25) is 5.02 Å². The van der Waals surface area contributed by atoms with Gasteiger partial charge in [0, 0.05) is 17.1 Å². The normalized spacial score (nSPS) is 23.7. The summed E-state index contributed by atoms with van der Waals surface area (Å²) >= 11 is 7.55. The molecule has 3 aromatic heterocycles. The minimum atomic E-state index is -0.765. The van der Waals surface area contributed by atoms with Crippen LogP contribution in [0.5, 0.6) is 11.9 Å². The van der Waals surface area contributed by atoms with Gasteiger partial charge in [-0.3, -0.25) is 0 Å². The van der Waals surface area contributed by atoms with Gasteiger partial charge in [-0.15, -0.1) is 11.3 Å². The van der Waals surface area contributed by atoms with Gasteiger partial charge in [0.1, 0.15) is 46.6 Å². The molecule has 0 bridgehead atoms. The van der Waals surface area contributed by atoms with Crippen LogP contribution in [-0.4, -0.2) is 62.7 Å². The Morgan fingerprint density at radius 3 is 2.71 bits per heavy atom. The Balaban J connectivity index is 1.18. The number of imidazole rings is 1. The first kappa shape index (κ1) is 22.6. The second kappa shape index (κ2) is 8.95. The molecule has 13 heteroatoms. The molecule has 6 rings (SSSR count). The number of H-pyrrole nitrogens is 1. The summed E-state index contributed by atoms with van der Waals surface area (Å²) in [6.07, 6.45) is -0.425. The zero-order valence-corrected chi connectivity index (χ0v) is 19.4. The molecule has 0 aliphatic carbocycles. The molecule has 182 valence electrons. The summed E-state index contributed by atoms with van der Waals surface area (Å²) in [6, 6.07) is 4.11. The number of nitrogens with one attached hydrogen (secondary N) is 1. The average molecular weight is 523 g/mol. The highest BCUT2D eigenvalue weighted by Gasteiger charge is 2.48. The van der Waals surface area contributed by atoms with Crippen LogP contribution in [0, 0.1) is 11.6 Å². The van der Waals surface area contributed by atoms with Gasteiger partial charge in [-0.2, -0.15) is 9.97 Å². The third-order valence-corrected chi connectivity index (χ3v) is 6.88. The second-order valence-electron chi connectivity index (χ2n) is 8.05. The highest BCUT2D eigenvalue weighted by Crippen LogP contribution is 2.32. The standard InChI is InChI=1S/C22H17ClF2N4O5S/c23-11-5-14-19(29-22(27-14)34-16-8-32-17-15(30)7-31-18(16)17)28-20(11)33-6-10-12(24)3-9(4-13(10)25)21-26-1-2-35-21/h1-5,15-18,30H,6-8H2,(H,27,28,29)/t15-,16-,17?,18?/m1/s1. The fourth-order valence-corrected chi connectivity index (χ4v) is 4.93. The van der Waals surface area contributed by atoms with E-state index in [9.17, 15) is 13.9 Å². The van der Waals surface area contributed by atoms with Crippen molar-refractivity contribution in [1.82, 2.24) is 19.9 Å². The number of nitrogens with zero attached hydrogens (tertiary/aromatic N) is 3. The molecule has 0 amide bonds. The molecular formula is C22H17ClF2N4O5S. The van der Waals surface area contributed by atoms with Crippen molar-refractivity contribution in [1.29, 1.82) is 0 Å². The predicted octanol–water partition coefficient (Wildman–Crippen LogP) is 3.50. The number of ether oxygens (including phenoxy) is 4. The number of pyridine rings is 1. The number of benzene rings is 1. The third-order valence-electron chi connectivity index (χ3n) is 5.79. The Morgan fingerprint density at radius 2 is 1.94 bits per heavy atom. The Hall–Kier alpha value is -2.90. The number of hydrogen-bond acceptors (Lipinski definition) is 9.